The maximum absolute atomic E-state index is 10.4. The third-order valence-electron chi connectivity index (χ3n) is 2.51. The molecule has 2 aromatic carbocycles. The van der Waals surface area contributed by atoms with Crippen molar-refractivity contribution in [2.45, 2.75) is 0 Å². The second-order valence-corrected chi connectivity index (χ2v) is 6.49. The lowest BCUT2D eigenvalue weighted by Gasteiger charge is -2.08. The second kappa shape index (κ2) is 8.47. The van der Waals surface area contributed by atoms with E-state index < -0.39 is 15.9 Å². The predicted molar refractivity (Wildman–Crippen MR) is 93.0 cm³/mol. The van der Waals surface area contributed by atoms with Crippen LogP contribution in [0.1, 0.15) is 0 Å². The Kier molecular flexibility index (Phi) is 6.95. The predicted octanol–water partition coefficient (Wildman–Crippen LogP) is 2.04. The van der Waals surface area contributed by atoms with Crippen LogP contribution in [-0.2, 0) is 10.1 Å². The number of benzene rings is 2. The fourth-order valence-corrected chi connectivity index (χ4v) is 1.82. The number of rotatable bonds is 4. The number of nitrogens with two attached hydrogens (primary N) is 3. The van der Waals surface area contributed by atoms with Gasteiger partial charge >= 0.3 is 0 Å². The van der Waals surface area contributed by atoms with Gasteiger partial charge in [0, 0.05) is 22.5 Å². The molecule has 0 saturated heterocycles. The van der Waals surface area contributed by atoms with E-state index in [0.29, 0.717) is 17.1 Å². The van der Waals surface area contributed by atoms with Crippen LogP contribution in [0, 0.1) is 0 Å². The molecule has 0 heterocycles. The molecule has 23 heavy (non-hydrogen) atoms. The van der Waals surface area contributed by atoms with Crippen LogP contribution in [0.2, 0.25) is 5.02 Å². The molecule has 2 rings (SSSR count). The van der Waals surface area contributed by atoms with Crippen LogP contribution in [-0.4, -0.2) is 25.3 Å². The van der Waals surface area contributed by atoms with Crippen LogP contribution >= 0.6 is 11.6 Å². The van der Waals surface area contributed by atoms with Gasteiger partial charge in [0.1, 0.15) is 18.1 Å². The Morgan fingerprint density at radius 1 is 1.00 bits per heavy atom. The first-order chi connectivity index (χ1) is 10.7. The topological polar surface area (TPSA) is 142 Å². The van der Waals surface area contributed by atoms with Gasteiger partial charge in [0.05, 0.1) is 5.69 Å². The van der Waals surface area contributed by atoms with Crippen LogP contribution in [0.15, 0.2) is 42.5 Å². The van der Waals surface area contributed by atoms with Gasteiger partial charge in [0.15, 0.2) is 0 Å². The molecule has 0 aliphatic carbocycles. The lowest BCUT2D eigenvalue weighted by atomic mass is 10.2. The number of halogens is 1. The standard InChI is InChI=1S/C8H12N2O4S.C6H6ClN/c9-6-1-2-7(10)8(5-6)14-3-4-15(11,12)13;7-5-1-3-6(8)4-2-5/h1-2,5H,3-4,9-10H2,(H,11,12,13);1-4H,8H2. The smallest absolute Gasteiger partial charge is 0.268 e. The minimum Gasteiger partial charge on any atom is -0.490 e. The third-order valence-corrected chi connectivity index (χ3v) is 3.44. The maximum Gasteiger partial charge on any atom is 0.268 e. The summed E-state index contributed by atoms with van der Waals surface area (Å²) in [5.74, 6) is -0.181. The molecule has 126 valence electrons. The van der Waals surface area contributed by atoms with E-state index in [0.717, 1.165) is 10.7 Å². The average molecular weight is 360 g/mol. The molecule has 0 atom stereocenters. The van der Waals surface area contributed by atoms with E-state index in [2.05, 4.69) is 0 Å². The molecule has 7 N–H and O–H groups in total. The first-order valence-corrected chi connectivity index (χ1v) is 8.40. The highest BCUT2D eigenvalue weighted by Gasteiger charge is 2.06. The molecule has 0 bridgehead atoms. The van der Waals surface area contributed by atoms with Crippen LogP contribution in [0.4, 0.5) is 17.1 Å². The van der Waals surface area contributed by atoms with Crippen molar-refractivity contribution in [1.82, 2.24) is 0 Å². The summed E-state index contributed by atoms with van der Waals surface area (Å²) in [6.45, 7) is -0.174. The fourth-order valence-electron chi connectivity index (χ4n) is 1.40. The molecular weight excluding hydrogens is 342 g/mol. The largest absolute Gasteiger partial charge is 0.490 e. The number of hydrogen-bond donors (Lipinski definition) is 4. The van der Waals surface area contributed by atoms with E-state index in [-0.39, 0.29) is 6.61 Å². The third kappa shape index (κ3) is 8.15. The van der Waals surface area contributed by atoms with Crippen LogP contribution in [0.3, 0.4) is 0 Å². The van der Waals surface area contributed by atoms with Crippen molar-refractivity contribution in [2.24, 2.45) is 0 Å². The van der Waals surface area contributed by atoms with E-state index in [1.54, 1.807) is 36.4 Å². The highest BCUT2D eigenvalue weighted by Crippen LogP contribution is 2.23. The summed E-state index contributed by atoms with van der Waals surface area (Å²) in [5, 5.41) is 0.721. The highest BCUT2D eigenvalue weighted by atomic mass is 35.5. The number of anilines is 3. The van der Waals surface area contributed by atoms with Gasteiger partial charge in [-0.2, -0.15) is 8.42 Å². The monoisotopic (exact) mass is 359 g/mol. The molecule has 0 amide bonds. The molecule has 9 heteroatoms. The van der Waals surface area contributed by atoms with E-state index >= 15 is 0 Å². The molecule has 0 saturated carbocycles. The maximum atomic E-state index is 10.4. The lowest BCUT2D eigenvalue weighted by Crippen LogP contribution is -2.13. The van der Waals surface area contributed by atoms with Gasteiger partial charge in [-0.3, -0.25) is 4.55 Å². The van der Waals surface area contributed by atoms with Gasteiger partial charge < -0.3 is 21.9 Å². The van der Waals surface area contributed by atoms with Gasteiger partial charge in [-0.15, -0.1) is 0 Å². The molecule has 0 aliphatic rings. The molecule has 0 spiro atoms. The number of nitrogen functional groups attached to an aromatic ring is 3. The highest BCUT2D eigenvalue weighted by molar-refractivity contribution is 7.85. The lowest BCUT2D eigenvalue weighted by molar-refractivity contribution is 0.337. The Morgan fingerprint density at radius 2 is 1.57 bits per heavy atom. The van der Waals surface area contributed by atoms with Crippen molar-refractivity contribution < 1.29 is 17.7 Å². The minimum absolute atomic E-state index is 0.174. The quantitative estimate of drug-likeness (QED) is 0.483. The zero-order chi connectivity index (χ0) is 17.5. The Morgan fingerprint density at radius 3 is 2.09 bits per heavy atom. The molecular formula is C14H18ClN3O4S. The number of ether oxygens (including phenoxy) is 1. The molecule has 0 aromatic heterocycles. The summed E-state index contributed by atoms with van der Waals surface area (Å²) in [4.78, 5) is 0. The Hall–Kier alpha value is -2.16. The average Bonchev–Trinajstić information content (AvgIpc) is 2.45. The Labute approximate surface area is 139 Å². The van der Waals surface area contributed by atoms with Gasteiger partial charge in [-0.25, -0.2) is 0 Å². The van der Waals surface area contributed by atoms with Crippen LogP contribution < -0.4 is 21.9 Å². The van der Waals surface area contributed by atoms with E-state index in [4.69, 9.17) is 38.1 Å². The van der Waals surface area contributed by atoms with E-state index in [1.807, 2.05) is 0 Å². The molecule has 0 radical (unpaired) electrons. The molecule has 7 nitrogen and oxygen atoms in total. The van der Waals surface area contributed by atoms with Crippen molar-refractivity contribution in [1.29, 1.82) is 0 Å². The van der Waals surface area contributed by atoms with Crippen LogP contribution in [0.5, 0.6) is 5.75 Å². The SMILES string of the molecule is Nc1ccc(Cl)cc1.Nc1ccc(N)c(OCCS(=O)(=O)O)c1. The zero-order valence-corrected chi connectivity index (χ0v) is 13.7. The van der Waals surface area contributed by atoms with Crippen molar-refractivity contribution in [2.75, 3.05) is 29.6 Å². The summed E-state index contributed by atoms with van der Waals surface area (Å²) in [6.07, 6.45) is 0. The van der Waals surface area contributed by atoms with Crippen molar-refractivity contribution in [3.63, 3.8) is 0 Å². The fraction of sp³-hybridized carbons (Fsp3) is 0.143. The van der Waals surface area contributed by atoms with Crippen molar-refractivity contribution in [3.8, 4) is 5.75 Å². The van der Waals surface area contributed by atoms with Crippen LogP contribution in [0.25, 0.3) is 0 Å². The van der Waals surface area contributed by atoms with Gasteiger partial charge in [0.25, 0.3) is 10.1 Å². The number of hydrogen-bond acceptors (Lipinski definition) is 6. The summed E-state index contributed by atoms with van der Waals surface area (Å²) in [7, 11) is -4.01. The Balaban J connectivity index is 0.000000277. The second-order valence-electron chi connectivity index (χ2n) is 4.48. The summed E-state index contributed by atoms with van der Waals surface area (Å²) in [5.41, 5.74) is 18.0. The van der Waals surface area contributed by atoms with Gasteiger partial charge in [0.2, 0.25) is 0 Å². The molecule has 0 aliphatic heterocycles. The van der Waals surface area contributed by atoms with Crippen molar-refractivity contribution in [3.05, 3.63) is 47.5 Å². The summed E-state index contributed by atoms with van der Waals surface area (Å²) >= 11 is 5.56. The van der Waals surface area contributed by atoms with Gasteiger partial charge in [-0.1, -0.05) is 11.6 Å². The zero-order valence-electron chi connectivity index (χ0n) is 12.1. The van der Waals surface area contributed by atoms with E-state index in [9.17, 15) is 8.42 Å². The first kappa shape index (κ1) is 18.9. The van der Waals surface area contributed by atoms with E-state index in [1.165, 1.54) is 6.07 Å². The van der Waals surface area contributed by atoms with Gasteiger partial charge in [-0.05, 0) is 36.4 Å². The van der Waals surface area contributed by atoms with Crippen molar-refractivity contribution >= 4 is 38.8 Å². The minimum atomic E-state index is -4.01. The Bertz CT molecular complexity index is 715. The molecule has 0 fully saturated rings. The summed E-state index contributed by atoms with van der Waals surface area (Å²) < 4.78 is 34.3. The molecule has 0 unspecified atom stereocenters. The summed E-state index contributed by atoms with van der Waals surface area (Å²) in [6, 6.07) is 11.7. The normalized spacial score (nSPS) is 10.5. The first-order valence-electron chi connectivity index (χ1n) is 6.41. The molecule has 2 aromatic rings.